The minimum Gasteiger partial charge on any atom is -0.488 e. The highest BCUT2D eigenvalue weighted by Gasteiger charge is 2.16. The lowest BCUT2D eigenvalue weighted by Crippen LogP contribution is -2.09. The molecular formula is C28H25NO4. The molecule has 166 valence electrons. The SMILES string of the molecule is Cc1ccc(OCc2nc(-c3ccccc3OCc3ccccc3)ccc2C(=O)O)c(C)c1. The van der Waals surface area contributed by atoms with Crippen LogP contribution in [0.1, 0.15) is 32.7 Å². The number of aryl methyl sites for hydroxylation is 2. The molecule has 33 heavy (non-hydrogen) atoms. The van der Waals surface area contributed by atoms with Gasteiger partial charge in [-0.1, -0.05) is 60.2 Å². The molecule has 0 fully saturated rings. The summed E-state index contributed by atoms with van der Waals surface area (Å²) in [5, 5.41) is 9.66. The number of ether oxygens (including phenoxy) is 2. The summed E-state index contributed by atoms with van der Waals surface area (Å²) in [6.07, 6.45) is 0. The van der Waals surface area contributed by atoms with Gasteiger partial charge in [0.25, 0.3) is 0 Å². The van der Waals surface area contributed by atoms with Crippen molar-refractivity contribution in [3.63, 3.8) is 0 Å². The summed E-state index contributed by atoms with van der Waals surface area (Å²) >= 11 is 0. The summed E-state index contributed by atoms with van der Waals surface area (Å²) in [6, 6.07) is 26.7. The Morgan fingerprint density at radius 2 is 1.55 bits per heavy atom. The Hall–Kier alpha value is -4.12. The maximum atomic E-state index is 11.8. The van der Waals surface area contributed by atoms with E-state index in [9.17, 15) is 9.90 Å². The lowest BCUT2D eigenvalue weighted by atomic mass is 10.1. The highest BCUT2D eigenvalue weighted by molar-refractivity contribution is 5.89. The number of aromatic nitrogens is 1. The third-order valence-electron chi connectivity index (χ3n) is 5.30. The van der Waals surface area contributed by atoms with Crippen molar-refractivity contribution in [3.05, 3.63) is 113 Å². The van der Waals surface area contributed by atoms with Crippen molar-refractivity contribution in [2.24, 2.45) is 0 Å². The molecule has 0 spiro atoms. The number of nitrogens with zero attached hydrogens (tertiary/aromatic N) is 1. The monoisotopic (exact) mass is 439 g/mol. The van der Waals surface area contributed by atoms with Crippen molar-refractivity contribution in [2.75, 3.05) is 0 Å². The van der Waals surface area contributed by atoms with Crippen LogP contribution in [0.3, 0.4) is 0 Å². The van der Waals surface area contributed by atoms with Crippen molar-refractivity contribution in [2.45, 2.75) is 27.1 Å². The van der Waals surface area contributed by atoms with E-state index in [4.69, 9.17) is 9.47 Å². The van der Waals surface area contributed by atoms with E-state index in [0.29, 0.717) is 29.5 Å². The summed E-state index contributed by atoms with van der Waals surface area (Å²) in [7, 11) is 0. The number of carboxylic acids is 1. The van der Waals surface area contributed by atoms with Crippen LogP contribution in [-0.2, 0) is 13.2 Å². The average molecular weight is 440 g/mol. The number of hydrogen-bond donors (Lipinski definition) is 1. The minimum atomic E-state index is -1.04. The second-order valence-corrected chi connectivity index (χ2v) is 7.82. The van der Waals surface area contributed by atoms with Crippen molar-refractivity contribution >= 4 is 5.97 Å². The van der Waals surface area contributed by atoms with E-state index in [0.717, 1.165) is 22.3 Å². The highest BCUT2D eigenvalue weighted by atomic mass is 16.5. The van der Waals surface area contributed by atoms with E-state index >= 15 is 0 Å². The Morgan fingerprint density at radius 3 is 2.30 bits per heavy atom. The number of pyridine rings is 1. The van der Waals surface area contributed by atoms with Gasteiger partial charge in [0.05, 0.1) is 17.0 Å². The topological polar surface area (TPSA) is 68.7 Å². The summed E-state index contributed by atoms with van der Waals surface area (Å²) in [6.45, 7) is 4.45. The van der Waals surface area contributed by atoms with Crippen LogP contribution in [0.15, 0.2) is 84.9 Å². The van der Waals surface area contributed by atoms with Gasteiger partial charge in [0.1, 0.15) is 24.7 Å². The molecule has 0 amide bonds. The second-order valence-electron chi connectivity index (χ2n) is 7.82. The molecule has 3 aromatic carbocycles. The number of para-hydroxylation sites is 1. The van der Waals surface area contributed by atoms with Gasteiger partial charge in [-0.2, -0.15) is 0 Å². The molecule has 0 bridgehead atoms. The molecule has 1 heterocycles. The Balaban J connectivity index is 1.62. The Morgan fingerprint density at radius 1 is 0.818 bits per heavy atom. The fourth-order valence-corrected chi connectivity index (χ4v) is 3.60. The second kappa shape index (κ2) is 10.0. The number of aromatic carboxylic acids is 1. The van der Waals surface area contributed by atoms with Gasteiger partial charge in [0.15, 0.2) is 0 Å². The standard InChI is InChI=1S/C28H25NO4/c1-19-12-15-26(20(2)16-19)33-18-25-23(28(30)31)13-14-24(29-25)22-10-6-7-11-27(22)32-17-21-8-4-3-5-9-21/h3-16H,17-18H2,1-2H3,(H,30,31). The van der Waals surface area contributed by atoms with Gasteiger partial charge in [-0.25, -0.2) is 9.78 Å². The smallest absolute Gasteiger partial charge is 0.337 e. The van der Waals surface area contributed by atoms with Crippen molar-refractivity contribution in [1.82, 2.24) is 4.98 Å². The molecule has 4 rings (SSSR count). The van der Waals surface area contributed by atoms with E-state index in [-0.39, 0.29) is 12.2 Å². The molecule has 4 aromatic rings. The molecule has 0 saturated heterocycles. The predicted octanol–water partition coefficient (Wildman–Crippen LogP) is 6.22. The maximum absolute atomic E-state index is 11.8. The molecule has 0 aliphatic heterocycles. The minimum absolute atomic E-state index is 0.0480. The molecule has 5 heteroatoms. The maximum Gasteiger partial charge on any atom is 0.337 e. The van der Waals surface area contributed by atoms with Crippen LogP contribution in [0.25, 0.3) is 11.3 Å². The van der Waals surface area contributed by atoms with Gasteiger partial charge in [0.2, 0.25) is 0 Å². The molecule has 0 aliphatic rings. The lowest BCUT2D eigenvalue weighted by Gasteiger charge is -2.14. The molecule has 5 nitrogen and oxygen atoms in total. The van der Waals surface area contributed by atoms with Crippen LogP contribution in [0.5, 0.6) is 11.5 Å². The van der Waals surface area contributed by atoms with Crippen LogP contribution >= 0.6 is 0 Å². The van der Waals surface area contributed by atoms with Crippen molar-refractivity contribution in [3.8, 4) is 22.8 Å². The first kappa shape index (κ1) is 22.1. The summed E-state index contributed by atoms with van der Waals surface area (Å²) in [5.74, 6) is 0.343. The molecule has 1 N–H and O–H groups in total. The zero-order valence-electron chi connectivity index (χ0n) is 18.6. The summed E-state index contributed by atoms with van der Waals surface area (Å²) in [5.41, 5.74) is 5.08. The first-order valence-corrected chi connectivity index (χ1v) is 10.7. The third kappa shape index (κ3) is 5.39. The zero-order chi connectivity index (χ0) is 23.2. The normalized spacial score (nSPS) is 10.6. The van der Waals surface area contributed by atoms with E-state index < -0.39 is 5.97 Å². The molecule has 0 saturated carbocycles. The van der Waals surface area contributed by atoms with Crippen LogP contribution in [-0.4, -0.2) is 16.1 Å². The van der Waals surface area contributed by atoms with Gasteiger partial charge in [-0.05, 0) is 55.3 Å². The largest absolute Gasteiger partial charge is 0.488 e. The van der Waals surface area contributed by atoms with Crippen LogP contribution < -0.4 is 9.47 Å². The quantitative estimate of drug-likeness (QED) is 0.353. The Bertz CT molecular complexity index is 1270. The fourth-order valence-electron chi connectivity index (χ4n) is 3.60. The lowest BCUT2D eigenvalue weighted by molar-refractivity contribution is 0.0693. The number of hydrogen-bond acceptors (Lipinski definition) is 4. The van der Waals surface area contributed by atoms with Crippen molar-refractivity contribution < 1.29 is 19.4 Å². The number of rotatable bonds is 8. The Labute approximate surface area is 193 Å². The van der Waals surface area contributed by atoms with E-state index in [1.807, 2.05) is 86.6 Å². The van der Waals surface area contributed by atoms with E-state index in [1.165, 1.54) is 0 Å². The van der Waals surface area contributed by atoms with Crippen LogP contribution in [0.2, 0.25) is 0 Å². The van der Waals surface area contributed by atoms with Crippen LogP contribution in [0.4, 0.5) is 0 Å². The predicted molar refractivity (Wildman–Crippen MR) is 128 cm³/mol. The van der Waals surface area contributed by atoms with Gasteiger partial charge in [0, 0.05) is 5.56 Å². The highest BCUT2D eigenvalue weighted by Crippen LogP contribution is 2.30. The average Bonchev–Trinajstić information content (AvgIpc) is 2.83. The van der Waals surface area contributed by atoms with E-state index in [2.05, 4.69) is 4.98 Å². The third-order valence-corrected chi connectivity index (χ3v) is 5.30. The first-order valence-electron chi connectivity index (χ1n) is 10.7. The molecule has 0 unspecified atom stereocenters. The number of carbonyl (C=O) groups is 1. The van der Waals surface area contributed by atoms with Crippen molar-refractivity contribution in [1.29, 1.82) is 0 Å². The molecule has 1 aromatic heterocycles. The molecular weight excluding hydrogens is 414 g/mol. The molecule has 0 atom stereocenters. The first-order chi connectivity index (χ1) is 16.0. The van der Waals surface area contributed by atoms with Gasteiger partial charge in [-0.3, -0.25) is 0 Å². The van der Waals surface area contributed by atoms with Crippen LogP contribution in [0, 0.1) is 13.8 Å². The fraction of sp³-hybridized carbons (Fsp3) is 0.143. The van der Waals surface area contributed by atoms with Gasteiger partial charge >= 0.3 is 5.97 Å². The zero-order valence-corrected chi connectivity index (χ0v) is 18.6. The van der Waals surface area contributed by atoms with Gasteiger partial charge in [-0.15, -0.1) is 0 Å². The van der Waals surface area contributed by atoms with E-state index in [1.54, 1.807) is 12.1 Å². The number of benzene rings is 3. The summed E-state index contributed by atoms with van der Waals surface area (Å²) < 4.78 is 12.0. The number of carboxylic acid groups (broad SMARTS) is 1. The summed E-state index contributed by atoms with van der Waals surface area (Å²) in [4.78, 5) is 16.5. The Kier molecular flexibility index (Phi) is 6.69. The van der Waals surface area contributed by atoms with Gasteiger partial charge < -0.3 is 14.6 Å². The molecule has 0 radical (unpaired) electrons. The molecule has 0 aliphatic carbocycles.